The Morgan fingerprint density at radius 1 is 1.25 bits per heavy atom. The fourth-order valence-corrected chi connectivity index (χ4v) is 2.43. The van der Waals surface area contributed by atoms with E-state index in [-0.39, 0.29) is 24.2 Å². The maximum absolute atomic E-state index is 12.5. The van der Waals surface area contributed by atoms with Gasteiger partial charge in [-0.05, 0) is 12.5 Å². The van der Waals surface area contributed by atoms with Crippen molar-refractivity contribution in [1.82, 2.24) is 4.90 Å². The summed E-state index contributed by atoms with van der Waals surface area (Å²) >= 11 is 0. The first kappa shape index (κ1) is 15.0. The van der Waals surface area contributed by atoms with Crippen LogP contribution in [-0.4, -0.2) is 37.4 Å². The number of carbonyl (C=O) groups excluding carboxylic acids is 1. The molecule has 1 aromatic carbocycles. The highest BCUT2D eigenvalue weighted by molar-refractivity contribution is 5.78. The molecule has 1 unspecified atom stereocenters. The molecule has 0 saturated carbocycles. The van der Waals surface area contributed by atoms with Crippen LogP contribution in [0.2, 0.25) is 0 Å². The van der Waals surface area contributed by atoms with Crippen molar-refractivity contribution < 1.29 is 14.3 Å². The van der Waals surface area contributed by atoms with Crippen molar-refractivity contribution in [2.45, 2.75) is 32.6 Å². The van der Waals surface area contributed by atoms with Gasteiger partial charge in [-0.1, -0.05) is 37.3 Å². The van der Waals surface area contributed by atoms with Crippen LogP contribution in [0.4, 0.5) is 0 Å². The molecule has 0 radical (unpaired) electrons. The van der Waals surface area contributed by atoms with E-state index in [4.69, 9.17) is 9.47 Å². The number of ether oxygens (including phenoxy) is 2. The Kier molecular flexibility index (Phi) is 5.15. The zero-order valence-electron chi connectivity index (χ0n) is 12.4. The van der Waals surface area contributed by atoms with E-state index in [2.05, 4.69) is 0 Å². The van der Waals surface area contributed by atoms with Gasteiger partial charge in [0.05, 0.1) is 19.3 Å². The SMILES string of the molecule is CC(CC1OCCO1)C(=O)N(C)[C@H](C)c1ccccc1. The molecule has 0 aliphatic carbocycles. The van der Waals surface area contributed by atoms with Gasteiger partial charge < -0.3 is 14.4 Å². The number of hydrogen-bond donors (Lipinski definition) is 0. The van der Waals surface area contributed by atoms with Crippen molar-refractivity contribution >= 4 is 5.91 Å². The normalized spacial score (nSPS) is 18.8. The average molecular weight is 277 g/mol. The molecule has 0 N–H and O–H groups in total. The Bertz CT molecular complexity index is 429. The number of amides is 1. The summed E-state index contributed by atoms with van der Waals surface area (Å²) in [5.41, 5.74) is 1.14. The van der Waals surface area contributed by atoms with Crippen molar-refractivity contribution in [3.05, 3.63) is 35.9 Å². The first-order chi connectivity index (χ1) is 9.59. The lowest BCUT2D eigenvalue weighted by molar-refractivity contribution is -0.139. The lowest BCUT2D eigenvalue weighted by atomic mass is 10.0. The third kappa shape index (κ3) is 3.58. The number of carbonyl (C=O) groups is 1. The molecule has 110 valence electrons. The summed E-state index contributed by atoms with van der Waals surface area (Å²) < 4.78 is 10.8. The largest absolute Gasteiger partial charge is 0.350 e. The Morgan fingerprint density at radius 2 is 1.85 bits per heavy atom. The van der Waals surface area contributed by atoms with Gasteiger partial charge in [-0.2, -0.15) is 0 Å². The van der Waals surface area contributed by atoms with Gasteiger partial charge in [0, 0.05) is 19.4 Å². The summed E-state index contributed by atoms with van der Waals surface area (Å²) in [6.07, 6.45) is 0.388. The smallest absolute Gasteiger partial charge is 0.225 e. The van der Waals surface area contributed by atoms with Crippen LogP contribution in [0.3, 0.4) is 0 Å². The Labute approximate surface area is 120 Å². The molecule has 1 aliphatic heterocycles. The monoisotopic (exact) mass is 277 g/mol. The van der Waals surface area contributed by atoms with E-state index in [1.165, 1.54) is 0 Å². The van der Waals surface area contributed by atoms with Gasteiger partial charge in [-0.3, -0.25) is 4.79 Å². The van der Waals surface area contributed by atoms with E-state index < -0.39 is 0 Å². The molecule has 2 rings (SSSR count). The van der Waals surface area contributed by atoms with Gasteiger partial charge in [0.15, 0.2) is 6.29 Å². The van der Waals surface area contributed by atoms with Crippen molar-refractivity contribution in [2.75, 3.05) is 20.3 Å². The van der Waals surface area contributed by atoms with E-state index in [9.17, 15) is 4.79 Å². The summed E-state index contributed by atoms with van der Waals surface area (Å²) in [4.78, 5) is 14.3. The van der Waals surface area contributed by atoms with E-state index in [1.807, 2.05) is 51.2 Å². The molecule has 0 aromatic heterocycles. The van der Waals surface area contributed by atoms with Crippen LogP contribution in [0.15, 0.2) is 30.3 Å². The molecule has 1 heterocycles. The van der Waals surface area contributed by atoms with Crippen molar-refractivity contribution in [1.29, 1.82) is 0 Å². The van der Waals surface area contributed by atoms with Crippen LogP contribution in [-0.2, 0) is 14.3 Å². The highest BCUT2D eigenvalue weighted by atomic mass is 16.7. The van der Waals surface area contributed by atoms with Gasteiger partial charge in [0.25, 0.3) is 0 Å². The van der Waals surface area contributed by atoms with Crippen LogP contribution < -0.4 is 0 Å². The van der Waals surface area contributed by atoms with E-state index in [0.717, 1.165) is 5.56 Å². The van der Waals surface area contributed by atoms with Crippen molar-refractivity contribution in [3.8, 4) is 0 Å². The molecule has 1 aliphatic rings. The fraction of sp³-hybridized carbons (Fsp3) is 0.562. The Balaban J connectivity index is 1.93. The third-order valence-electron chi connectivity index (χ3n) is 3.87. The molecule has 4 heteroatoms. The van der Waals surface area contributed by atoms with E-state index in [1.54, 1.807) is 4.90 Å². The number of rotatable bonds is 5. The molecule has 20 heavy (non-hydrogen) atoms. The van der Waals surface area contributed by atoms with Gasteiger partial charge >= 0.3 is 0 Å². The number of nitrogens with zero attached hydrogens (tertiary/aromatic N) is 1. The summed E-state index contributed by atoms with van der Waals surface area (Å²) in [5, 5.41) is 0. The summed E-state index contributed by atoms with van der Waals surface area (Å²) in [6, 6.07) is 10.1. The third-order valence-corrected chi connectivity index (χ3v) is 3.87. The minimum Gasteiger partial charge on any atom is -0.350 e. The van der Waals surface area contributed by atoms with Crippen molar-refractivity contribution in [2.24, 2.45) is 5.92 Å². The Morgan fingerprint density at radius 3 is 2.45 bits per heavy atom. The molecule has 1 fully saturated rings. The zero-order chi connectivity index (χ0) is 14.5. The maximum Gasteiger partial charge on any atom is 0.225 e. The minimum atomic E-state index is -0.227. The van der Waals surface area contributed by atoms with Crippen LogP contribution in [0.1, 0.15) is 31.9 Å². The fourth-order valence-electron chi connectivity index (χ4n) is 2.43. The number of benzene rings is 1. The molecule has 1 aromatic rings. The standard InChI is InChI=1S/C16H23NO3/c1-12(11-15-19-9-10-20-15)16(18)17(3)13(2)14-7-5-4-6-8-14/h4-8,12-13,15H,9-11H2,1-3H3/t12?,13-/m1/s1. The van der Waals surface area contributed by atoms with Gasteiger partial charge in [-0.25, -0.2) is 0 Å². The van der Waals surface area contributed by atoms with Gasteiger partial charge in [0.1, 0.15) is 0 Å². The van der Waals surface area contributed by atoms with E-state index >= 15 is 0 Å². The molecule has 4 nitrogen and oxygen atoms in total. The van der Waals surface area contributed by atoms with Crippen LogP contribution in [0.25, 0.3) is 0 Å². The van der Waals surface area contributed by atoms with E-state index in [0.29, 0.717) is 19.6 Å². The zero-order valence-corrected chi connectivity index (χ0v) is 12.4. The predicted molar refractivity (Wildman–Crippen MR) is 77.1 cm³/mol. The van der Waals surface area contributed by atoms with Crippen LogP contribution >= 0.6 is 0 Å². The second kappa shape index (κ2) is 6.86. The first-order valence-electron chi connectivity index (χ1n) is 7.14. The number of hydrogen-bond acceptors (Lipinski definition) is 3. The molecular weight excluding hydrogens is 254 g/mol. The van der Waals surface area contributed by atoms with Crippen LogP contribution in [0.5, 0.6) is 0 Å². The van der Waals surface area contributed by atoms with Crippen LogP contribution in [0, 0.1) is 5.92 Å². The molecule has 1 amide bonds. The highest BCUT2D eigenvalue weighted by Crippen LogP contribution is 2.22. The second-order valence-electron chi connectivity index (χ2n) is 5.34. The molecule has 1 saturated heterocycles. The topological polar surface area (TPSA) is 38.8 Å². The lowest BCUT2D eigenvalue weighted by Gasteiger charge is -2.28. The highest BCUT2D eigenvalue weighted by Gasteiger charge is 2.27. The van der Waals surface area contributed by atoms with Gasteiger partial charge in [0.2, 0.25) is 5.91 Å². The lowest BCUT2D eigenvalue weighted by Crippen LogP contribution is -2.35. The molecule has 0 spiro atoms. The summed E-state index contributed by atoms with van der Waals surface area (Å²) in [7, 11) is 1.85. The quantitative estimate of drug-likeness (QED) is 0.830. The average Bonchev–Trinajstić information content (AvgIpc) is 2.98. The summed E-state index contributed by atoms with van der Waals surface area (Å²) in [5.74, 6) is 0.0229. The maximum atomic E-state index is 12.5. The predicted octanol–water partition coefficient (Wildman–Crippen LogP) is 2.61. The minimum absolute atomic E-state index is 0.0663. The second-order valence-corrected chi connectivity index (χ2v) is 5.34. The molecular formula is C16H23NO3. The Hall–Kier alpha value is -1.39. The molecule has 0 bridgehead atoms. The molecule has 2 atom stereocenters. The van der Waals surface area contributed by atoms with Crippen molar-refractivity contribution in [3.63, 3.8) is 0 Å². The summed E-state index contributed by atoms with van der Waals surface area (Å²) in [6.45, 7) is 5.23. The first-order valence-corrected chi connectivity index (χ1v) is 7.14. The van der Waals surface area contributed by atoms with Gasteiger partial charge in [-0.15, -0.1) is 0 Å².